The average Bonchev–Trinajstić information content (AvgIpc) is 3.25. The van der Waals surface area contributed by atoms with Gasteiger partial charge in [0.05, 0.1) is 26.0 Å². The van der Waals surface area contributed by atoms with Crippen LogP contribution in [0.5, 0.6) is 0 Å². The van der Waals surface area contributed by atoms with Gasteiger partial charge in [-0.2, -0.15) is 4.98 Å². The highest BCUT2D eigenvalue weighted by Gasteiger charge is 2.15. The van der Waals surface area contributed by atoms with Crippen LogP contribution in [0.1, 0.15) is 15.2 Å². The molecule has 0 radical (unpaired) electrons. The molecule has 3 aromatic rings. The molecule has 0 spiro atoms. The lowest BCUT2D eigenvalue weighted by atomic mass is 10.2. The molecule has 2 N–H and O–H groups in total. The van der Waals surface area contributed by atoms with E-state index in [1.807, 2.05) is 30.5 Å². The van der Waals surface area contributed by atoms with Crippen molar-refractivity contribution in [2.75, 3.05) is 48.9 Å². The Morgan fingerprint density at radius 1 is 1.17 bits per heavy atom. The van der Waals surface area contributed by atoms with Gasteiger partial charge in [-0.25, -0.2) is 9.78 Å². The second-order valence-electron chi connectivity index (χ2n) is 6.78. The molecule has 0 bridgehead atoms. The van der Waals surface area contributed by atoms with Crippen molar-refractivity contribution in [2.24, 2.45) is 0 Å². The Morgan fingerprint density at radius 2 is 1.93 bits per heavy atom. The highest BCUT2D eigenvalue weighted by molar-refractivity contribution is 7.12. The average molecular weight is 426 g/mol. The molecule has 8 nitrogen and oxygen atoms in total. The van der Waals surface area contributed by atoms with Crippen LogP contribution in [-0.2, 0) is 9.47 Å². The number of morpholine rings is 1. The molecular weight excluding hydrogens is 402 g/mol. The molecule has 0 atom stereocenters. The van der Waals surface area contributed by atoms with Gasteiger partial charge in [-0.1, -0.05) is 0 Å². The zero-order valence-corrected chi connectivity index (χ0v) is 17.7. The minimum absolute atomic E-state index is 0.377. The zero-order valence-electron chi connectivity index (χ0n) is 16.8. The summed E-state index contributed by atoms with van der Waals surface area (Å²) < 4.78 is 10.2. The van der Waals surface area contributed by atoms with Gasteiger partial charge in [-0.15, -0.1) is 11.3 Å². The molecule has 9 heteroatoms. The third-order valence-electron chi connectivity index (χ3n) is 4.76. The zero-order chi connectivity index (χ0) is 20.9. The number of aryl methyl sites for hydroxylation is 1. The molecule has 0 amide bonds. The van der Waals surface area contributed by atoms with Crippen LogP contribution in [0.3, 0.4) is 0 Å². The van der Waals surface area contributed by atoms with E-state index in [4.69, 9.17) is 9.47 Å². The molecule has 0 aliphatic carbocycles. The number of methoxy groups -OCH3 is 1. The van der Waals surface area contributed by atoms with Crippen LogP contribution in [0.15, 0.2) is 41.9 Å². The second kappa shape index (κ2) is 9.10. The lowest BCUT2D eigenvalue weighted by Crippen LogP contribution is -2.36. The number of ether oxygens (including phenoxy) is 2. The maximum absolute atomic E-state index is 11.9. The van der Waals surface area contributed by atoms with E-state index < -0.39 is 0 Å². The van der Waals surface area contributed by atoms with Gasteiger partial charge in [0.15, 0.2) is 0 Å². The summed E-state index contributed by atoms with van der Waals surface area (Å²) in [4.78, 5) is 23.7. The predicted molar refractivity (Wildman–Crippen MR) is 118 cm³/mol. The Morgan fingerprint density at radius 3 is 2.67 bits per heavy atom. The SMILES string of the molecule is COC(=O)c1sccc1Nc1nc(Nc2ccc(N3CCOCC3)cc2)ncc1C. The Labute approximate surface area is 178 Å². The molecule has 1 fully saturated rings. The molecule has 1 aliphatic rings. The van der Waals surface area contributed by atoms with E-state index in [1.165, 1.54) is 24.1 Å². The van der Waals surface area contributed by atoms with Crippen LogP contribution >= 0.6 is 11.3 Å². The van der Waals surface area contributed by atoms with Gasteiger partial charge in [-0.3, -0.25) is 0 Å². The van der Waals surface area contributed by atoms with Crippen molar-refractivity contribution in [1.29, 1.82) is 0 Å². The Kier molecular flexibility index (Phi) is 6.10. The summed E-state index contributed by atoms with van der Waals surface area (Å²) in [6.45, 7) is 5.23. The van der Waals surface area contributed by atoms with Gasteiger partial charge in [-0.05, 0) is 42.6 Å². The minimum atomic E-state index is -0.377. The number of hydrogen-bond donors (Lipinski definition) is 2. The van der Waals surface area contributed by atoms with E-state index in [1.54, 1.807) is 6.20 Å². The third-order valence-corrected chi connectivity index (χ3v) is 5.65. The summed E-state index contributed by atoms with van der Waals surface area (Å²) in [6.07, 6.45) is 1.74. The first-order valence-electron chi connectivity index (χ1n) is 9.60. The molecule has 0 saturated carbocycles. The van der Waals surface area contributed by atoms with Crippen LogP contribution in [0.25, 0.3) is 0 Å². The van der Waals surface area contributed by atoms with Crippen LogP contribution in [0.2, 0.25) is 0 Å². The molecule has 3 heterocycles. The molecule has 1 aliphatic heterocycles. The van der Waals surface area contributed by atoms with Gasteiger partial charge >= 0.3 is 5.97 Å². The largest absolute Gasteiger partial charge is 0.465 e. The van der Waals surface area contributed by atoms with Gasteiger partial charge in [0.2, 0.25) is 5.95 Å². The number of nitrogens with one attached hydrogen (secondary N) is 2. The summed E-state index contributed by atoms with van der Waals surface area (Å²) in [5, 5.41) is 8.28. The number of aromatic nitrogens is 2. The van der Waals surface area contributed by atoms with Crippen molar-refractivity contribution in [2.45, 2.75) is 6.92 Å². The Hall–Kier alpha value is -3.17. The van der Waals surface area contributed by atoms with E-state index >= 15 is 0 Å². The third kappa shape index (κ3) is 4.52. The topological polar surface area (TPSA) is 88.6 Å². The Bertz CT molecular complexity index is 1020. The maximum atomic E-state index is 11.9. The molecule has 156 valence electrons. The summed E-state index contributed by atoms with van der Waals surface area (Å²) >= 11 is 1.32. The molecule has 2 aromatic heterocycles. The first-order chi connectivity index (χ1) is 14.6. The number of nitrogens with zero attached hydrogens (tertiary/aromatic N) is 3. The molecular formula is C21H23N5O3S. The Balaban J connectivity index is 1.48. The normalized spacial score (nSPS) is 13.7. The maximum Gasteiger partial charge on any atom is 0.350 e. The fourth-order valence-corrected chi connectivity index (χ4v) is 3.89. The van der Waals surface area contributed by atoms with Crippen molar-refractivity contribution in [1.82, 2.24) is 9.97 Å². The van der Waals surface area contributed by atoms with Gasteiger partial charge in [0.1, 0.15) is 10.7 Å². The van der Waals surface area contributed by atoms with Crippen molar-refractivity contribution < 1.29 is 14.3 Å². The highest BCUT2D eigenvalue weighted by atomic mass is 32.1. The quantitative estimate of drug-likeness (QED) is 0.574. The van der Waals surface area contributed by atoms with Crippen molar-refractivity contribution in [3.63, 3.8) is 0 Å². The van der Waals surface area contributed by atoms with Crippen molar-refractivity contribution in [3.05, 3.63) is 52.3 Å². The number of esters is 1. The summed E-state index contributed by atoms with van der Waals surface area (Å²) in [7, 11) is 1.37. The van der Waals surface area contributed by atoms with E-state index in [0.29, 0.717) is 22.3 Å². The van der Waals surface area contributed by atoms with E-state index in [9.17, 15) is 4.79 Å². The van der Waals surface area contributed by atoms with E-state index in [-0.39, 0.29) is 5.97 Å². The smallest absolute Gasteiger partial charge is 0.350 e. The number of benzene rings is 1. The van der Waals surface area contributed by atoms with Crippen molar-refractivity contribution >= 4 is 46.1 Å². The van der Waals surface area contributed by atoms with E-state index in [2.05, 4.69) is 37.6 Å². The van der Waals surface area contributed by atoms with Gasteiger partial charge in [0.25, 0.3) is 0 Å². The number of thiophene rings is 1. The number of rotatable bonds is 6. The van der Waals surface area contributed by atoms with Crippen LogP contribution in [0.4, 0.5) is 28.8 Å². The molecule has 0 unspecified atom stereocenters. The number of carbonyl (C=O) groups excluding carboxylic acids is 1. The van der Waals surface area contributed by atoms with Crippen LogP contribution in [-0.4, -0.2) is 49.4 Å². The molecule has 30 heavy (non-hydrogen) atoms. The first kappa shape index (κ1) is 20.1. The molecule has 1 aromatic carbocycles. The van der Waals surface area contributed by atoms with Crippen LogP contribution < -0.4 is 15.5 Å². The summed E-state index contributed by atoms with van der Waals surface area (Å²) in [6, 6.07) is 10.0. The summed E-state index contributed by atoms with van der Waals surface area (Å²) in [5.41, 5.74) is 3.59. The molecule has 1 saturated heterocycles. The second-order valence-corrected chi connectivity index (χ2v) is 7.69. The fourth-order valence-electron chi connectivity index (χ4n) is 3.12. The lowest BCUT2D eigenvalue weighted by molar-refractivity contribution is 0.0607. The molecule has 4 rings (SSSR count). The number of hydrogen-bond acceptors (Lipinski definition) is 9. The summed E-state index contributed by atoms with van der Waals surface area (Å²) in [5.74, 6) is 0.718. The number of carbonyl (C=O) groups is 1. The first-order valence-corrected chi connectivity index (χ1v) is 10.5. The highest BCUT2D eigenvalue weighted by Crippen LogP contribution is 2.28. The number of anilines is 5. The standard InChI is InChI=1S/C21H23N5O3S/c1-14-13-22-21(25-19(14)24-17-7-12-30-18(17)20(27)28-2)23-15-3-5-16(6-4-15)26-8-10-29-11-9-26/h3-7,12-13H,8-11H2,1-2H3,(H2,22,23,24,25). The van der Waals surface area contributed by atoms with E-state index in [0.717, 1.165) is 37.6 Å². The lowest BCUT2D eigenvalue weighted by Gasteiger charge is -2.28. The van der Waals surface area contributed by atoms with Gasteiger partial charge in [0, 0.05) is 36.2 Å². The van der Waals surface area contributed by atoms with Crippen LogP contribution in [0, 0.1) is 6.92 Å². The minimum Gasteiger partial charge on any atom is -0.465 e. The van der Waals surface area contributed by atoms with Gasteiger partial charge < -0.3 is 25.0 Å². The monoisotopic (exact) mass is 425 g/mol. The fraction of sp³-hybridized carbons (Fsp3) is 0.286. The van der Waals surface area contributed by atoms with Crippen molar-refractivity contribution in [3.8, 4) is 0 Å². The predicted octanol–water partition coefficient (Wildman–Crippen LogP) is 3.96.